The van der Waals surface area contributed by atoms with Crippen LogP contribution in [0.3, 0.4) is 0 Å². The van der Waals surface area contributed by atoms with Crippen LogP contribution >= 0.6 is 34.8 Å². The van der Waals surface area contributed by atoms with E-state index in [1.54, 1.807) is 60.9 Å². The Morgan fingerprint density at radius 1 is 0.730 bits per heavy atom. The van der Waals surface area contributed by atoms with Crippen LogP contribution < -0.4 is 15.4 Å². The van der Waals surface area contributed by atoms with Gasteiger partial charge in [-0.15, -0.1) is 0 Å². The fourth-order valence-corrected chi connectivity index (χ4v) is 6.25. The molecule has 3 N–H and O–H groups in total. The zero-order valence-electron chi connectivity index (χ0n) is 36.3. The third-order valence-corrected chi connectivity index (χ3v) is 10.1. The van der Waals surface area contributed by atoms with Gasteiger partial charge in [0, 0.05) is 50.5 Å². The summed E-state index contributed by atoms with van der Waals surface area (Å²) in [6, 6.07) is 17.7. The van der Waals surface area contributed by atoms with Gasteiger partial charge in [-0.3, -0.25) is 9.59 Å². The van der Waals surface area contributed by atoms with Crippen LogP contribution in [0.1, 0.15) is 73.9 Å². The van der Waals surface area contributed by atoms with Gasteiger partial charge in [0.05, 0.1) is 47.0 Å². The van der Waals surface area contributed by atoms with Crippen LogP contribution in [0.2, 0.25) is 15.2 Å². The number of aliphatic hydroxyl groups is 1. The van der Waals surface area contributed by atoms with E-state index < -0.39 is 0 Å². The first-order valence-corrected chi connectivity index (χ1v) is 20.7. The number of ether oxygens (including phenoxy) is 3. The molecule has 2 aliphatic rings. The third kappa shape index (κ3) is 14.4. The van der Waals surface area contributed by atoms with Gasteiger partial charge in [0.1, 0.15) is 31.0 Å². The summed E-state index contributed by atoms with van der Waals surface area (Å²) in [4.78, 5) is 50.6. The molecule has 0 unspecified atom stereocenters. The average molecular weight is 926 g/mol. The van der Waals surface area contributed by atoms with Crippen molar-refractivity contribution >= 4 is 69.8 Å². The first-order valence-electron chi connectivity index (χ1n) is 19.6. The van der Waals surface area contributed by atoms with Gasteiger partial charge in [-0.1, -0.05) is 93.6 Å². The molecule has 0 bridgehead atoms. The molecule has 336 valence electrons. The lowest BCUT2D eigenvalue weighted by molar-refractivity contribution is -0.115. The summed E-state index contributed by atoms with van der Waals surface area (Å²) in [5.74, 6) is 0.644. The molecule has 0 atom stereocenters. The summed E-state index contributed by atoms with van der Waals surface area (Å²) < 4.78 is 17.0. The Morgan fingerprint density at radius 3 is 1.63 bits per heavy atom. The van der Waals surface area contributed by atoms with Gasteiger partial charge in [0.15, 0.2) is 11.4 Å². The van der Waals surface area contributed by atoms with Crippen molar-refractivity contribution in [2.75, 3.05) is 41.5 Å². The normalized spacial score (nSPS) is 15.2. The number of aliphatic imine (C=N–C) groups is 2. The molecule has 0 radical (unpaired) electrons. The molecule has 0 spiro atoms. The van der Waals surface area contributed by atoms with Crippen molar-refractivity contribution < 1.29 is 38.6 Å². The Labute approximate surface area is 381 Å². The summed E-state index contributed by atoms with van der Waals surface area (Å²) in [5.41, 5.74) is 3.97. The number of carbonyl (C=O) groups excluding carboxylic acids is 2. The Morgan fingerprint density at radius 2 is 1.19 bits per heavy atom. The number of oxime groups is 2. The van der Waals surface area contributed by atoms with Crippen molar-refractivity contribution in [3.05, 3.63) is 122 Å². The highest BCUT2D eigenvalue weighted by Gasteiger charge is 2.26. The number of likely N-dealkylation sites (N-methyl/N-ethyl adjacent to an activating group) is 2. The minimum Gasteiger partial charge on any atom is -0.477 e. The highest BCUT2D eigenvalue weighted by atomic mass is 35.5. The number of hydrogen-bond donors (Lipinski definition) is 3. The maximum absolute atomic E-state index is 12.2. The topological polar surface area (TPSA) is 200 Å². The van der Waals surface area contributed by atoms with Crippen LogP contribution in [0, 0.1) is 0 Å². The summed E-state index contributed by atoms with van der Waals surface area (Å²) in [5, 5.41) is 22.7. The van der Waals surface area contributed by atoms with Crippen LogP contribution in [0.4, 0.5) is 0 Å². The first kappa shape index (κ1) is 49.8. The van der Waals surface area contributed by atoms with Crippen molar-refractivity contribution in [2.45, 2.75) is 64.8 Å². The third-order valence-electron chi connectivity index (χ3n) is 9.14. The van der Waals surface area contributed by atoms with E-state index in [9.17, 15) is 9.59 Å². The summed E-state index contributed by atoms with van der Waals surface area (Å²) in [7, 11) is 5.79. The fraction of sp³-hybridized carbons (Fsp3) is 0.364. The second-order valence-electron chi connectivity index (χ2n) is 14.8. The van der Waals surface area contributed by atoms with Gasteiger partial charge < -0.3 is 39.6 Å². The Kier molecular flexibility index (Phi) is 18.7. The van der Waals surface area contributed by atoms with E-state index >= 15 is 0 Å². The number of halogens is 3. The molecular weight excluding hydrogens is 875 g/mol. The number of aromatic nitrogens is 2. The van der Waals surface area contributed by atoms with Crippen LogP contribution in [-0.2, 0) is 42.0 Å². The number of rotatable bonds is 12. The average Bonchev–Trinajstić information content (AvgIpc) is 3.27. The molecular formula is C44H51Cl3N8O8. The highest BCUT2D eigenvalue weighted by Crippen LogP contribution is 2.28. The predicted octanol–water partition coefficient (Wildman–Crippen LogP) is 6.97. The van der Waals surface area contributed by atoms with E-state index in [4.69, 9.17) is 59.0 Å². The second kappa shape index (κ2) is 23.6. The van der Waals surface area contributed by atoms with E-state index in [1.165, 1.54) is 28.3 Å². The molecule has 0 fully saturated rings. The Bertz CT molecular complexity index is 2350. The Balaban J connectivity index is 0.000000229. The summed E-state index contributed by atoms with van der Waals surface area (Å²) in [6.45, 7) is 9.48. The zero-order valence-corrected chi connectivity index (χ0v) is 38.6. The number of amides is 2. The van der Waals surface area contributed by atoms with Gasteiger partial charge >= 0.3 is 0 Å². The molecule has 19 heteroatoms. The van der Waals surface area contributed by atoms with E-state index in [-0.39, 0.29) is 53.4 Å². The van der Waals surface area contributed by atoms with Crippen molar-refractivity contribution in [2.24, 2.45) is 20.3 Å². The highest BCUT2D eigenvalue weighted by molar-refractivity contribution is 6.46. The number of nitrogens with zero attached hydrogens (tertiary/aromatic N) is 6. The molecule has 2 aromatic carbocycles. The summed E-state index contributed by atoms with van der Waals surface area (Å²) in [6.07, 6.45) is 5.00. The van der Waals surface area contributed by atoms with Crippen LogP contribution in [0.5, 0.6) is 5.88 Å². The maximum Gasteiger partial charge on any atom is 0.273 e. The molecule has 6 rings (SSSR count). The van der Waals surface area contributed by atoms with E-state index in [0.29, 0.717) is 62.5 Å². The Hall–Kier alpha value is -5.81. The van der Waals surface area contributed by atoms with E-state index in [0.717, 1.165) is 24.0 Å². The molecule has 16 nitrogen and oxygen atoms in total. The minimum atomic E-state index is -0.369. The number of aliphatic hydroxyl groups excluding tert-OH is 1. The van der Waals surface area contributed by atoms with Gasteiger partial charge in [-0.25, -0.2) is 20.0 Å². The monoisotopic (exact) mass is 924 g/mol. The predicted molar refractivity (Wildman–Crippen MR) is 244 cm³/mol. The minimum absolute atomic E-state index is 0.0975. The number of benzene rings is 2. The maximum atomic E-state index is 12.2. The molecule has 2 aliphatic heterocycles. The van der Waals surface area contributed by atoms with E-state index in [1.807, 2.05) is 12.1 Å². The first-order chi connectivity index (χ1) is 30.1. The summed E-state index contributed by atoms with van der Waals surface area (Å²) >= 11 is 18.1. The smallest absolute Gasteiger partial charge is 0.273 e. The number of hydrogen-bond acceptors (Lipinski definition) is 14. The fourth-order valence-electron chi connectivity index (χ4n) is 5.76. The molecule has 4 heterocycles. The van der Waals surface area contributed by atoms with Crippen molar-refractivity contribution in [3.63, 3.8) is 0 Å². The lowest BCUT2D eigenvalue weighted by atomic mass is 10.0. The standard InChI is InChI=1S/C22H25ClN4O4.C11H12Cl2N2O.C11H14N2O3/c1-22(2)9-10-30-20(26-22)15-11-17(23)21(25-12-15)31-13-14-7-5-6-8-16(14)18(27-29-4)19(28)24-3;1-11(2)3-4-16-10(15-11)7-5-8(12)9(13)14-6-7;1-12-11(15)10(13-16-2)9-6-4-3-5-8(9)7-14/h5-8,11-12H,9-10,13H2,1-4H3,(H,24,28);5-6H,3-4H2,1-2H3;3-6,14H,7H2,1-2H3,(H,12,15)/b27-18+;;13-10+. The number of pyridine rings is 2. The van der Waals surface area contributed by atoms with Gasteiger partial charge in [-0.05, 0) is 51.0 Å². The quantitative estimate of drug-likeness (QED) is 0.0758. The van der Waals surface area contributed by atoms with Gasteiger partial charge in [0.2, 0.25) is 17.7 Å². The zero-order chi connectivity index (χ0) is 46.2. The molecule has 0 saturated heterocycles. The largest absolute Gasteiger partial charge is 0.477 e. The van der Waals surface area contributed by atoms with Crippen LogP contribution in [-0.4, -0.2) is 103 Å². The molecule has 63 heavy (non-hydrogen) atoms. The molecule has 2 aromatic heterocycles. The van der Waals surface area contributed by atoms with Crippen molar-refractivity contribution in [1.29, 1.82) is 0 Å². The van der Waals surface area contributed by atoms with Crippen molar-refractivity contribution in [3.8, 4) is 5.88 Å². The van der Waals surface area contributed by atoms with E-state index in [2.05, 4.69) is 73.4 Å². The van der Waals surface area contributed by atoms with Crippen molar-refractivity contribution in [1.82, 2.24) is 20.6 Å². The number of nitrogens with one attached hydrogen (secondary N) is 2. The van der Waals surface area contributed by atoms with Gasteiger partial charge in [-0.2, -0.15) is 0 Å². The molecule has 2 amide bonds. The number of carbonyl (C=O) groups is 2. The lowest BCUT2D eigenvalue weighted by Crippen LogP contribution is -2.29. The molecule has 0 saturated carbocycles. The SMILES string of the molecule is CC1(C)CCOC(c2cnc(Cl)c(Cl)c2)=N1.CNC(=O)/C(=N/OC)c1ccccc1CO.CNC(=O)/C(=N/OC)c1ccccc1COc1ncc(C2=NC(C)(C)CCO2)cc1Cl. The molecule has 0 aliphatic carbocycles. The lowest BCUT2D eigenvalue weighted by Gasteiger charge is -2.26. The second-order valence-corrected chi connectivity index (χ2v) is 16.0. The van der Waals surface area contributed by atoms with Crippen LogP contribution in [0.15, 0.2) is 93.4 Å². The van der Waals surface area contributed by atoms with Gasteiger partial charge in [0.25, 0.3) is 11.8 Å². The van der Waals surface area contributed by atoms with Crippen LogP contribution in [0.25, 0.3) is 0 Å². The molecule has 4 aromatic rings.